The third-order valence-corrected chi connectivity index (χ3v) is 5.15. The Hall–Kier alpha value is -1.02. The largest absolute Gasteiger partial charge is 0.350 e. The topological polar surface area (TPSA) is 29.1 Å². The summed E-state index contributed by atoms with van der Waals surface area (Å²) in [4.78, 5) is 12.1. The molecule has 2 nitrogen and oxygen atoms in total. The molecule has 0 aliphatic rings. The molecule has 0 radical (unpaired) electrons. The molecular formula is C24H42ClNO. The van der Waals surface area contributed by atoms with E-state index in [9.17, 15) is 4.79 Å². The Morgan fingerprint density at radius 3 is 1.70 bits per heavy atom. The SMILES string of the molecule is CCCCCCCCCCCCCCCC(C)NC(=O)c1ccccc1.Cl. The minimum absolute atomic E-state index is 0. The molecule has 0 saturated carbocycles. The van der Waals surface area contributed by atoms with Gasteiger partial charge in [-0.2, -0.15) is 0 Å². The second kappa shape index (κ2) is 18.3. The number of unbranched alkanes of at least 4 members (excludes halogenated alkanes) is 12. The van der Waals surface area contributed by atoms with Crippen LogP contribution < -0.4 is 5.32 Å². The maximum absolute atomic E-state index is 12.1. The summed E-state index contributed by atoms with van der Waals surface area (Å²) in [6.45, 7) is 4.39. The number of amides is 1. The highest BCUT2D eigenvalue weighted by atomic mass is 35.5. The number of halogens is 1. The Bertz CT molecular complexity index is 449. The highest BCUT2D eigenvalue weighted by molar-refractivity contribution is 5.94. The molecule has 1 amide bonds. The first-order chi connectivity index (χ1) is 12.7. The summed E-state index contributed by atoms with van der Waals surface area (Å²) in [7, 11) is 0. The molecule has 1 aromatic carbocycles. The maximum Gasteiger partial charge on any atom is 0.251 e. The fraction of sp³-hybridized carbons (Fsp3) is 0.708. The molecule has 156 valence electrons. The molecule has 0 fully saturated rings. The summed E-state index contributed by atoms with van der Waals surface area (Å²) in [6, 6.07) is 9.75. The van der Waals surface area contributed by atoms with Gasteiger partial charge in [-0.25, -0.2) is 0 Å². The highest BCUT2D eigenvalue weighted by Gasteiger charge is 2.08. The van der Waals surface area contributed by atoms with E-state index in [0.29, 0.717) is 0 Å². The summed E-state index contributed by atoms with van der Waals surface area (Å²) in [6.07, 6.45) is 19.0. The number of nitrogens with one attached hydrogen (secondary N) is 1. The van der Waals surface area contributed by atoms with Crippen LogP contribution in [0.1, 0.15) is 114 Å². The van der Waals surface area contributed by atoms with Gasteiger partial charge in [0.2, 0.25) is 0 Å². The fourth-order valence-corrected chi connectivity index (χ4v) is 3.44. The van der Waals surface area contributed by atoms with Crippen LogP contribution in [0.5, 0.6) is 0 Å². The number of rotatable bonds is 16. The van der Waals surface area contributed by atoms with Gasteiger partial charge in [-0.05, 0) is 25.5 Å². The van der Waals surface area contributed by atoms with E-state index in [0.717, 1.165) is 12.0 Å². The van der Waals surface area contributed by atoms with Crippen molar-refractivity contribution >= 4 is 18.3 Å². The van der Waals surface area contributed by atoms with Crippen molar-refractivity contribution in [1.82, 2.24) is 5.32 Å². The van der Waals surface area contributed by atoms with Gasteiger partial charge < -0.3 is 5.32 Å². The van der Waals surface area contributed by atoms with Gasteiger partial charge in [0, 0.05) is 11.6 Å². The average Bonchev–Trinajstić information content (AvgIpc) is 2.66. The normalized spacial score (nSPS) is 11.6. The lowest BCUT2D eigenvalue weighted by Crippen LogP contribution is -2.32. The number of hydrogen-bond acceptors (Lipinski definition) is 1. The molecule has 0 aliphatic carbocycles. The summed E-state index contributed by atoms with van der Waals surface area (Å²) in [5.74, 6) is 0.0489. The first kappa shape index (κ1) is 26.0. The van der Waals surface area contributed by atoms with Crippen molar-refractivity contribution in [3.63, 3.8) is 0 Å². The number of benzene rings is 1. The molecule has 0 heterocycles. The summed E-state index contributed by atoms with van der Waals surface area (Å²) >= 11 is 0. The highest BCUT2D eigenvalue weighted by Crippen LogP contribution is 2.13. The van der Waals surface area contributed by atoms with Crippen LogP contribution in [0.2, 0.25) is 0 Å². The zero-order valence-electron chi connectivity index (χ0n) is 17.7. The smallest absolute Gasteiger partial charge is 0.251 e. The molecule has 1 unspecified atom stereocenters. The van der Waals surface area contributed by atoms with E-state index in [2.05, 4.69) is 19.2 Å². The fourth-order valence-electron chi connectivity index (χ4n) is 3.44. The lowest BCUT2D eigenvalue weighted by atomic mass is 10.0. The maximum atomic E-state index is 12.1. The van der Waals surface area contributed by atoms with E-state index >= 15 is 0 Å². The van der Waals surface area contributed by atoms with Crippen LogP contribution >= 0.6 is 12.4 Å². The molecule has 0 spiro atoms. The minimum Gasteiger partial charge on any atom is -0.350 e. The average molecular weight is 396 g/mol. The van der Waals surface area contributed by atoms with E-state index < -0.39 is 0 Å². The van der Waals surface area contributed by atoms with Crippen molar-refractivity contribution in [3.8, 4) is 0 Å². The Labute approximate surface area is 174 Å². The van der Waals surface area contributed by atoms with Gasteiger partial charge in [-0.3, -0.25) is 4.79 Å². The van der Waals surface area contributed by atoms with Crippen molar-refractivity contribution < 1.29 is 4.79 Å². The first-order valence-electron chi connectivity index (χ1n) is 11.1. The van der Waals surface area contributed by atoms with Gasteiger partial charge in [0.25, 0.3) is 5.91 Å². The van der Waals surface area contributed by atoms with Crippen LogP contribution in [0.25, 0.3) is 0 Å². The van der Waals surface area contributed by atoms with Crippen molar-refractivity contribution in [2.24, 2.45) is 0 Å². The van der Waals surface area contributed by atoms with Crippen LogP contribution in [-0.4, -0.2) is 11.9 Å². The molecule has 1 N–H and O–H groups in total. The van der Waals surface area contributed by atoms with E-state index in [-0.39, 0.29) is 24.4 Å². The molecule has 1 rings (SSSR count). The molecule has 0 aliphatic heterocycles. The van der Waals surface area contributed by atoms with Crippen molar-refractivity contribution in [3.05, 3.63) is 35.9 Å². The standard InChI is InChI=1S/C24H41NO.ClH/c1-3-4-5-6-7-8-9-10-11-12-13-14-16-19-22(2)25-24(26)23-20-17-15-18-21-23;/h15,17-18,20-22H,3-14,16,19H2,1-2H3,(H,25,26);1H. The second-order valence-electron chi connectivity index (χ2n) is 7.77. The Morgan fingerprint density at radius 2 is 1.22 bits per heavy atom. The zero-order chi connectivity index (χ0) is 18.9. The van der Waals surface area contributed by atoms with E-state index in [1.807, 2.05) is 30.3 Å². The van der Waals surface area contributed by atoms with Crippen molar-refractivity contribution in [1.29, 1.82) is 0 Å². The van der Waals surface area contributed by atoms with Crippen molar-refractivity contribution in [2.45, 2.75) is 110 Å². The van der Waals surface area contributed by atoms with E-state index in [4.69, 9.17) is 0 Å². The van der Waals surface area contributed by atoms with Crippen LogP contribution in [-0.2, 0) is 0 Å². The van der Waals surface area contributed by atoms with Gasteiger partial charge in [0.05, 0.1) is 0 Å². The van der Waals surface area contributed by atoms with Crippen LogP contribution in [0.4, 0.5) is 0 Å². The molecule has 0 aromatic heterocycles. The molecule has 27 heavy (non-hydrogen) atoms. The summed E-state index contributed by atoms with van der Waals surface area (Å²) < 4.78 is 0. The Kier molecular flexibility index (Phi) is 17.7. The predicted octanol–water partition coefficient (Wildman–Crippen LogP) is 7.71. The van der Waals surface area contributed by atoms with Gasteiger partial charge in [-0.1, -0.05) is 109 Å². The zero-order valence-corrected chi connectivity index (χ0v) is 18.5. The van der Waals surface area contributed by atoms with E-state index in [1.165, 1.54) is 83.5 Å². The number of carbonyl (C=O) groups is 1. The van der Waals surface area contributed by atoms with Gasteiger partial charge >= 0.3 is 0 Å². The lowest BCUT2D eigenvalue weighted by Gasteiger charge is -2.13. The quantitative estimate of drug-likeness (QED) is 0.285. The Balaban J connectivity index is 0.00000676. The monoisotopic (exact) mass is 395 g/mol. The van der Waals surface area contributed by atoms with Crippen LogP contribution in [0.15, 0.2) is 30.3 Å². The molecule has 0 bridgehead atoms. The predicted molar refractivity (Wildman–Crippen MR) is 121 cm³/mol. The summed E-state index contributed by atoms with van der Waals surface area (Å²) in [5.41, 5.74) is 0.754. The number of carbonyl (C=O) groups excluding carboxylic acids is 1. The molecule has 0 saturated heterocycles. The molecule has 1 atom stereocenters. The van der Waals surface area contributed by atoms with Gasteiger partial charge in [0.15, 0.2) is 0 Å². The van der Waals surface area contributed by atoms with Gasteiger partial charge in [-0.15, -0.1) is 12.4 Å². The summed E-state index contributed by atoms with van der Waals surface area (Å²) in [5, 5.41) is 3.10. The molecule has 1 aromatic rings. The number of hydrogen-bond donors (Lipinski definition) is 1. The van der Waals surface area contributed by atoms with Gasteiger partial charge in [0.1, 0.15) is 0 Å². The third-order valence-electron chi connectivity index (χ3n) is 5.15. The van der Waals surface area contributed by atoms with Crippen LogP contribution in [0, 0.1) is 0 Å². The molecular weight excluding hydrogens is 354 g/mol. The molecule has 3 heteroatoms. The second-order valence-corrected chi connectivity index (χ2v) is 7.77. The first-order valence-corrected chi connectivity index (χ1v) is 11.1. The Morgan fingerprint density at radius 1 is 0.778 bits per heavy atom. The van der Waals surface area contributed by atoms with E-state index in [1.54, 1.807) is 0 Å². The third kappa shape index (κ3) is 14.7. The van der Waals surface area contributed by atoms with Crippen LogP contribution in [0.3, 0.4) is 0 Å². The van der Waals surface area contributed by atoms with Crippen molar-refractivity contribution in [2.75, 3.05) is 0 Å². The lowest BCUT2D eigenvalue weighted by molar-refractivity contribution is 0.0938. The minimum atomic E-state index is 0.